The van der Waals surface area contributed by atoms with E-state index in [2.05, 4.69) is 55.9 Å². The maximum Gasteiger partial charge on any atom is 0.0928 e. The molecule has 0 amide bonds. The number of aryl methyl sites for hydroxylation is 1. The summed E-state index contributed by atoms with van der Waals surface area (Å²) in [6.07, 6.45) is 2.27. The zero-order chi connectivity index (χ0) is 12.3. The number of hydrogen-bond donors (Lipinski definition) is 0. The first-order valence-corrected chi connectivity index (χ1v) is 7.69. The molecule has 0 radical (unpaired) electrons. The smallest absolute Gasteiger partial charge is 0.0928 e. The molecular formula is C13H22BrNS. The molecule has 92 valence electrons. The van der Waals surface area contributed by atoms with Crippen molar-refractivity contribution >= 4 is 27.3 Å². The molecule has 1 aromatic rings. The summed E-state index contributed by atoms with van der Waals surface area (Å²) in [5.74, 6) is 0.696. The second-order valence-corrected chi connectivity index (χ2v) is 7.79. The third-order valence-electron chi connectivity index (χ3n) is 2.68. The van der Waals surface area contributed by atoms with Crippen LogP contribution in [0.2, 0.25) is 0 Å². The summed E-state index contributed by atoms with van der Waals surface area (Å²) in [6.45, 7) is 11.2. The van der Waals surface area contributed by atoms with Crippen LogP contribution in [0.25, 0.3) is 0 Å². The van der Waals surface area contributed by atoms with Crippen molar-refractivity contribution in [3.63, 3.8) is 0 Å². The summed E-state index contributed by atoms with van der Waals surface area (Å²) in [4.78, 5) is 5.32. The Hall–Kier alpha value is 0.110. The quantitative estimate of drug-likeness (QED) is 0.729. The van der Waals surface area contributed by atoms with Crippen molar-refractivity contribution in [1.82, 2.24) is 4.98 Å². The predicted octanol–water partition coefficient (Wildman–Crippen LogP) is 4.79. The molecule has 0 saturated heterocycles. The average Bonchev–Trinajstić information content (AvgIpc) is 2.61. The standard InChI is InChI=1S/C13H22BrNS/c1-9(2)10(14)6-7-12-15-11(8-16-12)13(3,4)5/h8-10H,6-7H2,1-5H3. The van der Waals surface area contributed by atoms with Gasteiger partial charge in [-0.1, -0.05) is 50.5 Å². The molecule has 1 aromatic heterocycles. The van der Waals surface area contributed by atoms with Gasteiger partial charge in [-0.25, -0.2) is 4.98 Å². The van der Waals surface area contributed by atoms with E-state index in [1.165, 1.54) is 17.1 Å². The molecule has 0 saturated carbocycles. The van der Waals surface area contributed by atoms with E-state index < -0.39 is 0 Å². The summed E-state index contributed by atoms with van der Waals surface area (Å²) in [5.41, 5.74) is 1.41. The van der Waals surface area contributed by atoms with Gasteiger partial charge in [-0.2, -0.15) is 0 Å². The zero-order valence-corrected chi connectivity index (χ0v) is 13.3. The highest BCUT2D eigenvalue weighted by molar-refractivity contribution is 9.09. The second-order valence-electron chi connectivity index (χ2n) is 5.68. The van der Waals surface area contributed by atoms with E-state index in [0.29, 0.717) is 10.7 Å². The van der Waals surface area contributed by atoms with E-state index in [-0.39, 0.29) is 5.41 Å². The maximum absolute atomic E-state index is 4.71. The van der Waals surface area contributed by atoms with Gasteiger partial charge in [0.15, 0.2) is 0 Å². The molecule has 0 fully saturated rings. The molecule has 0 aliphatic rings. The molecule has 0 aromatic carbocycles. The van der Waals surface area contributed by atoms with Gasteiger partial charge in [0.05, 0.1) is 10.7 Å². The summed E-state index contributed by atoms with van der Waals surface area (Å²) >= 11 is 5.52. The van der Waals surface area contributed by atoms with Gasteiger partial charge in [0.1, 0.15) is 0 Å². The fourth-order valence-electron chi connectivity index (χ4n) is 1.36. The van der Waals surface area contributed by atoms with Crippen molar-refractivity contribution in [3.05, 3.63) is 16.1 Å². The Morgan fingerprint density at radius 1 is 1.38 bits per heavy atom. The Bertz CT molecular complexity index is 325. The first-order chi connectivity index (χ1) is 7.30. The van der Waals surface area contributed by atoms with Crippen LogP contribution in [0.5, 0.6) is 0 Å². The number of nitrogens with zero attached hydrogens (tertiary/aromatic N) is 1. The topological polar surface area (TPSA) is 12.9 Å². The van der Waals surface area contributed by atoms with Crippen LogP contribution in [0.3, 0.4) is 0 Å². The van der Waals surface area contributed by atoms with Gasteiger partial charge in [0.25, 0.3) is 0 Å². The van der Waals surface area contributed by atoms with Crippen LogP contribution in [-0.2, 0) is 11.8 Å². The number of hydrogen-bond acceptors (Lipinski definition) is 2. The molecule has 1 rings (SSSR count). The molecule has 1 unspecified atom stereocenters. The van der Waals surface area contributed by atoms with Crippen LogP contribution in [0, 0.1) is 5.92 Å². The normalized spacial score (nSPS) is 14.4. The maximum atomic E-state index is 4.71. The number of rotatable bonds is 4. The van der Waals surface area contributed by atoms with Crippen molar-refractivity contribution in [3.8, 4) is 0 Å². The molecule has 1 heterocycles. The fourth-order valence-corrected chi connectivity index (χ4v) is 2.63. The third kappa shape index (κ3) is 4.17. The van der Waals surface area contributed by atoms with Gasteiger partial charge in [-0.15, -0.1) is 11.3 Å². The molecule has 0 aliphatic carbocycles. The summed E-state index contributed by atoms with van der Waals surface area (Å²) in [6, 6.07) is 0. The van der Waals surface area contributed by atoms with Crippen LogP contribution >= 0.6 is 27.3 Å². The average molecular weight is 304 g/mol. The molecule has 0 aliphatic heterocycles. The van der Waals surface area contributed by atoms with E-state index in [4.69, 9.17) is 4.98 Å². The molecule has 0 N–H and O–H groups in total. The lowest BCUT2D eigenvalue weighted by Gasteiger charge is -2.14. The Morgan fingerprint density at radius 2 is 2.00 bits per heavy atom. The predicted molar refractivity (Wildman–Crippen MR) is 76.7 cm³/mol. The van der Waals surface area contributed by atoms with Gasteiger partial charge >= 0.3 is 0 Å². The lowest BCUT2D eigenvalue weighted by molar-refractivity contribution is 0.563. The number of alkyl halides is 1. The van der Waals surface area contributed by atoms with Gasteiger partial charge in [-0.05, 0) is 12.3 Å². The lowest BCUT2D eigenvalue weighted by atomic mass is 9.93. The minimum atomic E-state index is 0.181. The van der Waals surface area contributed by atoms with Crippen LogP contribution in [0.15, 0.2) is 5.38 Å². The van der Waals surface area contributed by atoms with Crippen LogP contribution in [-0.4, -0.2) is 9.81 Å². The first-order valence-electron chi connectivity index (χ1n) is 5.89. The van der Waals surface area contributed by atoms with E-state index in [1.54, 1.807) is 11.3 Å². The Balaban J connectivity index is 2.53. The van der Waals surface area contributed by atoms with E-state index in [0.717, 1.165) is 6.42 Å². The highest BCUT2D eigenvalue weighted by Gasteiger charge is 2.18. The number of halogens is 1. The van der Waals surface area contributed by atoms with Crippen molar-refractivity contribution < 1.29 is 0 Å². The molecule has 16 heavy (non-hydrogen) atoms. The third-order valence-corrected chi connectivity index (χ3v) is 5.10. The molecule has 0 bridgehead atoms. The van der Waals surface area contributed by atoms with Crippen molar-refractivity contribution in [2.45, 2.75) is 57.7 Å². The monoisotopic (exact) mass is 303 g/mol. The SMILES string of the molecule is CC(C)C(Br)CCc1nc(C(C)(C)C)cs1. The Kier molecular flexibility index (Phi) is 4.99. The highest BCUT2D eigenvalue weighted by atomic mass is 79.9. The molecule has 0 spiro atoms. The highest BCUT2D eigenvalue weighted by Crippen LogP contribution is 2.25. The van der Waals surface area contributed by atoms with E-state index in [1.807, 2.05) is 0 Å². The minimum absolute atomic E-state index is 0.181. The van der Waals surface area contributed by atoms with E-state index >= 15 is 0 Å². The lowest BCUT2D eigenvalue weighted by Crippen LogP contribution is -2.12. The molecule has 3 heteroatoms. The van der Waals surface area contributed by atoms with Gasteiger partial charge in [0, 0.05) is 22.0 Å². The number of aromatic nitrogens is 1. The summed E-state index contributed by atoms with van der Waals surface area (Å²) < 4.78 is 0. The van der Waals surface area contributed by atoms with Gasteiger partial charge < -0.3 is 0 Å². The summed E-state index contributed by atoms with van der Waals surface area (Å²) in [7, 11) is 0. The van der Waals surface area contributed by atoms with Gasteiger partial charge in [-0.3, -0.25) is 0 Å². The second kappa shape index (κ2) is 5.63. The minimum Gasteiger partial charge on any atom is -0.246 e. The largest absolute Gasteiger partial charge is 0.246 e. The Morgan fingerprint density at radius 3 is 2.44 bits per heavy atom. The van der Waals surface area contributed by atoms with Crippen LogP contribution in [0.4, 0.5) is 0 Å². The van der Waals surface area contributed by atoms with Crippen molar-refractivity contribution in [1.29, 1.82) is 0 Å². The van der Waals surface area contributed by atoms with Crippen molar-refractivity contribution in [2.75, 3.05) is 0 Å². The zero-order valence-electron chi connectivity index (χ0n) is 10.9. The van der Waals surface area contributed by atoms with Crippen molar-refractivity contribution in [2.24, 2.45) is 5.92 Å². The summed E-state index contributed by atoms with van der Waals surface area (Å²) in [5, 5.41) is 3.48. The molecule has 1 atom stereocenters. The van der Waals surface area contributed by atoms with E-state index in [9.17, 15) is 0 Å². The number of thiazole rings is 1. The Labute approximate surface area is 112 Å². The van der Waals surface area contributed by atoms with Crippen LogP contribution < -0.4 is 0 Å². The fraction of sp³-hybridized carbons (Fsp3) is 0.769. The molecule has 1 nitrogen and oxygen atoms in total. The van der Waals surface area contributed by atoms with Crippen LogP contribution in [0.1, 0.15) is 51.7 Å². The van der Waals surface area contributed by atoms with Gasteiger partial charge in [0.2, 0.25) is 0 Å². The molecular weight excluding hydrogens is 282 g/mol. The first kappa shape index (κ1) is 14.2.